The molecule has 96 valence electrons. The van der Waals surface area contributed by atoms with Crippen LogP contribution in [0.25, 0.3) is 0 Å². The number of hydrogen-bond donors (Lipinski definition) is 3. The van der Waals surface area contributed by atoms with Crippen molar-refractivity contribution < 1.29 is 4.79 Å². The number of amides is 1. The summed E-state index contributed by atoms with van der Waals surface area (Å²) in [4.78, 5) is 11.1. The van der Waals surface area contributed by atoms with Crippen LogP contribution in [-0.2, 0) is 0 Å². The molecule has 1 amide bonds. The number of nitrogens with two attached hydrogens (primary N) is 2. The van der Waals surface area contributed by atoms with Gasteiger partial charge in [-0.05, 0) is 36.4 Å². The summed E-state index contributed by atoms with van der Waals surface area (Å²) in [6.07, 6.45) is 5.57. The Morgan fingerprint density at radius 2 is 2.24 bits per heavy atom. The number of thioether (sulfide) groups is 1. The van der Waals surface area contributed by atoms with Crippen LogP contribution in [0.2, 0.25) is 0 Å². The summed E-state index contributed by atoms with van der Waals surface area (Å²) in [6, 6.07) is 0. The number of carbonyl (C=O) groups is 1. The summed E-state index contributed by atoms with van der Waals surface area (Å²) in [6.45, 7) is 0.816. The average molecular weight is 274 g/mol. The fourth-order valence-corrected chi connectivity index (χ4v) is 2.65. The summed E-state index contributed by atoms with van der Waals surface area (Å²) in [5, 5.41) is 3.84. The van der Waals surface area contributed by atoms with Crippen molar-refractivity contribution in [2.75, 3.05) is 29.6 Å². The van der Waals surface area contributed by atoms with Crippen molar-refractivity contribution in [2.45, 2.75) is 19.3 Å². The van der Waals surface area contributed by atoms with Crippen LogP contribution >= 0.6 is 23.3 Å². The first-order valence-corrected chi connectivity index (χ1v) is 7.61. The fraction of sp³-hybridized carbons (Fsp3) is 0.600. The molecule has 17 heavy (non-hydrogen) atoms. The van der Waals surface area contributed by atoms with Crippen LogP contribution in [0.1, 0.15) is 29.6 Å². The molecule has 7 heteroatoms. The van der Waals surface area contributed by atoms with E-state index in [0.717, 1.165) is 13.0 Å². The van der Waals surface area contributed by atoms with Gasteiger partial charge in [0.1, 0.15) is 10.6 Å². The number of anilines is 2. The molecule has 0 fully saturated rings. The first-order valence-electron chi connectivity index (χ1n) is 5.44. The van der Waals surface area contributed by atoms with Gasteiger partial charge < -0.3 is 16.8 Å². The van der Waals surface area contributed by atoms with Crippen molar-refractivity contribution in [2.24, 2.45) is 5.73 Å². The molecule has 0 aliphatic heterocycles. The quantitative estimate of drug-likeness (QED) is 0.628. The normalized spacial score (nSPS) is 10.4. The van der Waals surface area contributed by atoms with Gasteiger partial charge in [-0.2, -0.15) is 16.1 Å². The maximum atomic E-state index is 11.1. The van der Waals surface area contributed by atoms with E-state index >= 15 is 0 Å². The second kappa shape index (κ2) is 7.39. The molecule has 0 bridgehead atoms. The Balaban J connectivity index is 2.34. The molecule has 1 aromatic heterocycles. The van der Waals surface area contributed by atoms with E-state index in [1.807, 2.05) is 11.8 Å². The molecule has 0 aliphatic carbocycles. The highest BCUT2D eigenvalue weighted by Gasteiger charge is 2.15. The van der Waals surface area contributed by atoms with Crippen molar-refractivity contribution in [3.05, 3.63) is 5.56 Å². The second-order valence-corrected chi connectivity index (χ2v) is 5.38. The minimum absolute atomic E-state index is 0.215. The Kier molecular flexibility index (Phi) is 6.13. The standard InChI is InChI=1S/C10H18N4OS2/c1-16-6-4-2-3-5-13-10-7(9(12)15)8(11)14-17-10/h13H,2-6H2,1H3,(H2,11,14)(H2,12,15). The van der Waals surface area contributed by atoms with Gasteiger partial charge in [-0.15, -0.1) is 0 Å². The zero-order valence-electron chi connectivity index (χ0n) is 9.86. The highest BCUT2D eigenvalue weighted by Crippen LogP contribution is 2.25. The molecule has 0 radical (unpaired) electrons. The molecule has 5 nitrogen and oxygen atoms in total. The predicted octanol–water partition coefficient (Wildman–Crippen LogP) is 1.77. The number of nitrogens with one attached hydrogen (secondary N) is 1. The smallest absolute Gasteiger partial charge is 0.255 e. The lowest BCUT2D eigenvalue weighted by molar-refractivity contribution is 0.100. The first kappa shape index (κ1) is 14.1. The van der Waals surface area contributed by atoms with Gasteiger partial charge in [-0.25, -0.2) is 0 Å². The second-order valence-electron chi connectivity index (χ2n) is 3.62. The van der Waals surface area contributed by atoms with Gasteiger partial charge in [0.05, 0.1) is 0 Å². The molecule has 0 atom stereocenters. The Hall–Kier alpha value is -0.950. The van der Waals surface area contributed by atoms with E-state index in [9.17, 15) is 4.79 Å². The van der Waals surface area contributed by atoms with E-state index in [2.05, 4.69) is 15.9 Å². The first-order chi connectivity index (χ1) is 8.16. The fourth-order valence-electron chi connectivity index (χ4n) is 1.41. The molecule has 0 spiro atoms. The van der Waals surface area contributed by atoms with Crippen molar-refractivity contribution in [3.63, 3.8) is 0 Å². The van der Waals surface area contributed by atoms with Crippen molar-refractivity contribution >= 4 is 40.0 Å². The molecule has 0 saturated heterocycles. The van der Waals surface area contributed by atoms with E-state index in [1.165, 1.54) is 30.1 Å². The van der Waals surface area contributed by atoms with Gasteiger partial charge in [-0.1, -0.05) is 6.42 Å². The molecule has 0 aliphatic rings. The minimum Gasteiger partial charge on any atom is -0.382 e. The molecule has 0 unspecified atom stereocenters. The summed E-state index contributed by atoms with van der Waals surface area (Å²) in [5.41, 5.74) is 11.1. The van der Waals surface area contributed by atoms with Crippen LogP contribution in [-0.4, -0.2) is 28.8 Å². The van der Waals surface area contributed by atoms with Gasteiger partial charge in [0.25, 0.3) is 5.91 Å². The van der Waals surface area contributed by atoms with Crippen LogP contribution in [0.15, 0.2) is 0 Å². The maximum absolute atomic E-state index is 11.1. The number of hydrogen-bond acceptors (Lipinski definition) is 6. The molecule has 5 N–H and O–H groups in total. The van der Waals surface area contributed by atoms with E-state index < -0.39 is 5.91 Å². The van der Waals surface area contributed by atoms with E-state index in [0.29, 0.717) is 10.6 Å². The molecule has 1 rings (SSSR count). The van der Waals surface area contributed by atoms with Crippen molar-refractivity contribution in [3.8, 4) is 0 Å². The van der Waals surface area contributed by atoms with Crippen LogP contribution in [0.4, 0.5) is 10.8 Å². The zero-order chi connectivity index (χ0) is 12.7. The number of nitrogen functional groups attached to an aromatic ring is 1. The van der Waals surface area contributed by atoms with Crippen molar-refractivity contribution in [1.29, 1.82) is 0 Å². The Labute approximate surface area is 110 Å². The van der Waals surface area contributed by atoms with Gasteiger partial charge in [0.2, 0.25) is 0 Å². The SMILES string of the molecule is CSCCCCCNc1snc(N)c1C(N)=O. The number of unbranched alkanes of at least 4 members (excludes halogenated alkanes) is 2. The zero-order valence-corrected chi connectivity index (χ0v) is 11.5. The van der Waals surface area contributed by atoms with Gasteiger partial charge in [0, 0.05) is 6.54 Å². The summed E-state index contributed by atoms with van der Waals surface area (Å²) < 4.78 is 3.92. The van der Waals surface area contributed by atoms with Gasteiger partial charge in [-0.3, -0.25) is 4.79 Å². The summed E-state index contributed by atoms with van der Waals surface area (Å²) >= 11 is 3.04. The van der Waals surface area contributed by atoms with Gasteiger partial charge >= 0.3 is 0 Å². The van der Waals surface area contributed by atoms with Crippen LogP contribution in [0, 0.1) is 0 Å². The lowest BCUT2D eigenvalue weighted by atomic mass is 10.2. The molecule has 1 heterocycles. The number of nitrogens with zero attached hydrogens (tertiary/aromatic N) is 1. The molecule has 1 aromatic rings. The molecular weight excluding hydrogens is 256 g/mol. The maximum Gasteiger partial charge on any atom is 0.255 e. The molecule has 0 saturated carbocycles. The van der Waals surface area contributed by atoms with E-state index in [-0.39, 0.29) is 5.82 Å². The Bertz CT molecular complexity index is 367. The van der Waals surface area contributed by atoms with Crippen LogP contribution in [0.3, 0.4) is 0 Å². The molecular formula is C10H18N4OS2. The number of primary amides is 1. The third-order valence-corrected chi connectivity index (χ3v) is 3.79. The largest absolute Gasteiger partial charge is 0.382 e. The third kappa shape index (κ3) is 4.43. The van der Waals surface area contributed by atoms with Crippen LogP contribution in [0.5, 0.6) is 0 Å². The van der Waals surface area contributed by atoms with Gasteiger partial charge in [0.15, 0.2) is 5.82 Å². The number of aromatic nitrogens is 1. The van der Waals surface area contributed by atoms with E-state index in [1.54, 1.807) is 0 Å². The average Bonchev–Trinajstić information content (AvgIpc) is 2.65. The highest BCUT2D eigenvalue weighted by atomic mass is 32.2. The van der Waals surface area contributed by atoms with E-state index in [4.69, 9.17) is 11.5 Å². The Morgan fingerprint density at radius 1 is 1.47 bits per heavy atom. The molecule has 0 aromatic carbocycles. The topological polar surface area (TPSA) is 94.0 Å². The lowest BCUT2D eigenvalue weighted by Gasteiger charge is -2.04. The highest BCUT2D eigenvalue weighted by molar-refractivity contribution is 7.98. The monoisotopic (exact) mass is 274 g/mol. The summed E-state index contributed by atoms with van der Waals surface area (Å²) in [7, 11) is 0. The Morgan fingerprint density at radius 3 is 2.88 bits per heavy atom. The third-order valence-electron chi connectivity index (χ3n) is 2.28. The number of rotatable bonds is 8. The van der Waals surface area contributed by atoms with Crippen LogP contribution < -0.4 is 16.8 Å². The minimum atomic E-state index is -0.527. The summed E-state index contributed by atoms with van der Waals surface area (Å²) in [5.74, 6) is 0.883. The number of carbonyl (C=O) groups excluding carboxylic acids is 1. The predicted molar refractivity (Wildman–Crippen MR) is 75.8 cm³/mol. The van der Waals surface area contributed by atoms with Crippen molar-refractivity contribution in [1.82, 2.24) is 4.37 Å². The lowest BCUT2D eigenvalue weighted by Crippen LogP contribution is -2.15.